The van der Waals surface area contributed by atoms with Crippen molar-refractivity contribution < 1.29 is 24.6 Å². The van der Waals surface area contributed by atoms with Gasteiger partial charge in [-0.3, -0.25) is 5.32 Å². The van der Waals surface area contributed by atoms with Crippen LogP contribution in [0.5, 0.6) is 0 Å². The van der Waals surface area contributed by atoms with Gasteiger partial charge >= 0.3 is 12.1 Å². The van der Waals surface area contributed by atoms with Gasteiger partial charge in [-0.05, 0) is 20.8 Å². The molecule has 1 rings (SSSR count). The van der Waals surface area contributed by atoms with E-state index in [-0.39, 0.29) is 10.8 Å². The second-order valence-electron chi connectivity index (χ2n) is 4.42. The van der Waals surface area contributed by atoms with Crippen LogP contribution < -0.4 is 5.32 Å². The summed E-state index contributed by atoms with van der Waals surface area (Å²) in [6, 6.07) is 0. The second kappa shape index (κ2) is 5.65. The van der Waals surface area contributed by atoms with Crippen LogP contribution in [0, 0.1) is 0 Å². The molecule has 19 heavy (non-hydrogen) atoms. The summed E-state index contributed by atoms with van der Waals surface area (Å²) in [7, 11) is 0. The molecule has 0 saturated carbocycles. The number of carboxylic acid groups (broad SMARTS) is 1. The normalized spacial score (nSPS) is 12.1. The number of carbonyl (C=O) groups excluding carboxylic acids is 1. The van der Waals surface area contributed by atoms with E-state index < -0.39 is 23.4 Å². The summed E-state index contributed by atoms with van der Waals surface area (Å²) >= 11 is 0.987. The van der Waals surface area contributed by atoms with E-state index in [1.807, 2.05) is 0 Å². The Morgan fingerprint density at radius 2 is 2.11 bits per heavy atom. The minimum Gasteiger partial charge on any atom is -0.476 e. The Hall–Kier alpha value is -2.16. The molecule has 1 amide bonds. The lowest BCUT2D eigenvalue weighted by Gasteiger charge is -2.18. The summed E-state index contributed by atoms with van der Waals surface area (Å²) in [6.45, 7) is 5.13. The molecule has 0 aliphatic heterocycles. The third-order valence-corrected chi connectivity index (χ3v) is 2.41. The maximum atomic E-state index is 11.4. The molecule has 1 aromatic rings. The zero-order valence-corrected chi connectivity index (χ0v) is 11.3. The standard InChI is InChI=1S/C10H13N3O5S/c1-10(2,3)18-9(16)12-8-11-5(4-19-8)6(13-17)7(14)15/h4,17H,1-3H3,(H,14,15)(H,11,12,16)/b13-6+. The number of ether oxygens (including phenoxy) is 1. The van der Waals surface area contributed by atoms with Crippen LogP contribution in [-0.4, -0.2) is 38.7 Å². The number of nitrogens with one attached hydrogen (secondary N) is 1. The van der Waals surface area contributed by atoms with Gasteiger partial charge in [0.1, 0.15) is 11.3 Å². The van der Waals surface area contributed by atoms with E-state index in [1.54, 1.807) is 20.8 Å². The maximum Gasteiger partial charge on any atom is 0.413 e. The number of aromatic nitrogens is 1. The summed E-state index contributed by atoms with van der Waals surface area (Å²) in [6.07, 6.45) is -0.703. The Kier molecular flexibility index (Phi) is 4.43. The number of rotatable bonds is 3. The van der Waals surface area contributed by atoms with Crippen LogP contribution in [0.1, 0.15) is 26.5 Å². The quantitative estimate of drug-likeness (QED) is 0.442. The van der Waals surface area contributed by atoms with E-state index in [9.17, 15) is 9.59 Å². The second-order valence-corrected chi connectivity index (χ2v) is 5.28. The van der Waals surface area contributed by atoms with Crippen molar-refractivity contribution in [1.29, 1.82) is 0 Å². The zero-order valence-electron chi connectivity index (χ0n) is 10.5. The van der Waals surface area contributed by atoms with Gasteiger partial charge in [-0.25, -0.2) is 14.6 Å². The third-order valence-electron chi connectivity index (χ3n) is 1.66. The Bertz CT molecular complexity index is 517. The molecule has 0 aliphatic carbocycles. The highest BCUT2D eigenvalue weighted by Gasteiger charge is 2.20. The highest BCUT2D eigenvalue weighted by atomic mass is 32.1. The first-order chi connectivity index (χ1) is 8.73. The summed E-state index contributed by atoms with van der Waals surface area (Å²) in [5.74, 6) is -1.42. The number of hydrogen-bond donors (Lipinski definition) is 3. The Morgan fingerprint density at radius 3 is 2.58 bits per heavy atom. The number of thiazole rings is 1. The largest absolute Gasteiger partial charge is 0.476 e. The maximum absolute atomic E-state index is 11.4. The van der Waals surface area contributed by atoms with Crippen molar-refractivity contribution in [3.63, 3.8) is 0 Å². The molecule has 0 radical (unpaired) electrons. The first-order valence-electron chi connectivity index (χ1n) is 5.14. The van der Waals surface area contributed by atoms with E-state index in [0.717, 1.165) is 11.3 Å². The van der Waals surface area contributed by atoms with Crippen molar-refractivity contribution in [2.24, 2.45) is 5.16 Å². The molecule has 0 atom stereocenters. The molecule has 0 fully saturated rings. The highest BCUT2D eigenvalue weighted by Crippen LogP contribution is 2.17. The van der Waals surface area contributed by atoms with Crippen LogP contribution in [0.3, 0.4) is 0 Å². The van der Waals surface area contributed by atoms with Gasteiger partial charge in [-0.15, -0.1) is 11.3 Å². The van der Waals surface area contributed by atoms with Gasteiger partial charge in [0.05, 0.1) is 0 Å². The average molecular weight is 287 g/mol. The molecule has 0 spiro atoms. The lowest BCUT2D eigenvalue weighted by atomic mass is 10.2. The fraction of sp³-hybridized carbons (Fsp3) is 0.400. The molecule has 1 heterocycles. The molecule has 104 valence electrons. The van der Waals surface area contributed by atoms with Gasteiger partial charge in [0.25, 0.3) is 0 Å². The predicted octanol–water partition coefficient (Wildman–Crippen LogP) is 1.75. The summed E-state index contributed by atoms with van der Waals surface area (Å²) < 4.78 is 5.01. The zero-order chi connectivity index (χ0) is 14.6. The smallest absolute Gasteiger partial charge is 0.413 e. The first-order valence-corrected chi connectivity index (χ1v) is 6.02. The van der Waals surface area contributed by atoms with E-state index in [1.165, 1.54) is 5.38 Å². The predicted molar refractivity (Wildman–Crippen MR) is 67.9 cm³/mol. The van der Waals surface area contributed by atoms with Crippen molar-refractivity contribution in [1.82, 2.24) is 4.98 Å². The Morgan fingerprint density at radius 1 is 1.47 bits per heavy atom. The lowest BCUT2D eigenvalue weighted by Crippen LogP contribution is -2.27. The summed E-state index contributed by atoms with van der Waals surface area (Å²) in [5, 5.41) is 23.8. The van der Waals surface area contributed by atoms with Crippen molar-refractivity contribution in [3.8, 4) is 0 Å². The van der Waals surface area contributed by atoms with Gasteiger partial charge in [-0.2, -0.15) is 0 Å². The van der Waals surface area contributed by atoms with E-state index in [2.05, 4.69) is 15.5 Å². The van der Waals surface area contributed by atoms with Gasteiger partial charge < -0.3 is 15.1 Å². The number of oxime groups is 1. The minimum absolute atomic E-state index is 0.0499. The topological polar surface area (TPSA) is 121 Å². The molecule has 0 aliphatic rings. The highest BCUT2D eigenvalue weighted by molar-refractivity contribution is 7.14. The lowest BCUT2D eigenvalue weighted by molar-refractivity contribution is -0.129. The van der Waals surface area contributed by atoms with Crippen LogP contribution in [-0.2, 0) is 9.53 Å². The molecular weight excluding hydrogens is 274 g/mol. The number of nitrogens with zero attached hydrogens (tertiary/aromatic N) is 2. The van der Waals surface area contributed by atoms with E-state index in [4.69, 9.17) is 15.1 Å². The van der Waals surface area contributed by atoms with Gasteiger partial charge in [0.15, 0.2) is 5.13 Å². The first kappa shape index (κ1) is 14.9. The van der Waals surface area contributed by atoms with E-state index in [0.29, 0.717) is 0 Å². The van der Waals surface area contributed by atoms with Crippen LogP contribution in [0.25, 0.3) is 0 Å². The van der Waals surface area contributed by atoms with Crippen LogP contribution in [0.15, 0.2) is 10.5 Å². The molecule has 9 heteroatoms. The van der Waals surface area contributed by atoms with Gasteiger partial charge in [0.2, 0.25) is 5.71 Å². The monoisotopic (exact) mass is 287 g/mol. The number of anilines is 1. The van der Waals surface area contributed by atoms with Crippen LogP contribution in [0.2, 0.25) is 0 Å². The number of carboxylic acids is 1. The Labute approximate surface area is 112 Å². The molecule has 0 bridgehead atoms. The van der Waals surface area contributed by atoms with Gasteiger partial charge in [0, 0.05) is 5.38 Å². The number of hydrogen-bond acceptors (Lipinski definition) is 7. The molecule has 0 unspecified atom stereocenters. The van der Waals surface area contributed by atoms with Crippen molar-refractivity contribution in [3.05, 3.63) is 11.1 Å². The number of carbonyl (C=O) groups is 2. The minimum atomic E-state index is -1.42. The molecule has 8 nitrogen and oxygen atoms in total. The fourth-order valence-electron chi connectivity index (χ4n) is 1.03. The summed E-state index contributed by atoms with van der Waals surface area (Å²) in [4.78, 5) is 26.0. The average Bonchev–Trinajstić information content (AvgIpc) is 2.63. The van der Waals surface area contributed by atoms with E-state index >= 15 is 0 Å². The van der Waals surface area contributed by atoms with Crippen LogP contribution >= 0.6 is 11.3 Å². The van der Waals surface area contributed by atoms with Gasteiger partial charge in [-0.1, -0.05) is 5.16 Å². The molecule has 0 aromatic carbocycles. The summed E-state index contributed by atoms with van der Waals surface area (Å²) in [5.41, 5.74) is -1.30. The molecule has 0 saturated heterocycles. The van der Waals surface area contributed by atoms with Crippen molar-refractivity contribution >= 4 is 34.2 Å². The number of amides is 1. The Balaban J connectivity index is 2.76. The molecule has 1 aromatic heterocycles. The third kappa shape index (κ3) is 4.54. The van der Waals surface area contributed by atoms with Crippen LogP contribution in [0.4, 0.5) is 9.93 Å². The number of aliphatic carboxylic acids is 1. The molecule has 3 N–H and O–H groups in total. The fourth-order valence-corrected chi connectivity index (χ4v) is 1.72. The molecular formula is C10H13N3O5S. The SMILES string of the molecule is CC(C)(C)OC(=O)Nc1nc(/C(=N\O)C(=O)O)cs1. The van der Waals surface area contributed by atoms with Crippen molar-refractivity contribution in [2.45, 2.75) is 26.4 Å². The van der Waals surface area contributed by atoms with Crippen molar-refractivity contribution in [2.75, 3.05) is 5.32 Å².